The molecule has 0 spiro atoms. The van der Waals surface area contributed by atoms with Crippen molar-refractivity contribution >= 4 is 0 Å². The molecule has 1 aliphatic carbocycles. The molecular formula is C10H15N3O2. The fourth-order valence-electron chi connectivity index (χ4n) is 1.48. The standard InChI is InChI=1S/C10H15N3O2/c1-12-8(6-11-7-3-4-7)5-9(14)13(2)10(12)15/h5,7,11H,3-4,6H2,1-2H3. The lowest BCUT2D eigenvalue weighted by atomic mass is 10.3. The zero-order chi connectivity index (χ0) is 11.0. The first-order chi connectivity index (χ1) is 7.09. The van der Waals surface area contributed by atoms with E-state index in [2.05, 4.69) is 5.32 Å². The van der Waals surface area contributed by atoms with Crippen LogP contribution in [0.3, 0.4) is 0 Å². The van der Waals surface area contributed by atoms with Gasteiger partial charge in [-0.2, -0.15) is 0 Å². The molecule has 1 saturated carbocycles. The SMILES string of the molecule is Cn1c(CNC2CC2)cc(=O)n(C)c1=O. The molecule has 15 heavy (non-hydrogen) atoms. The van der Waals surface area contributed by atoms with E-state index in [1.165, 1.54) is 30.5 Å². The highest BCUT2D eigenvalue weighted by Crippen LogP contribution is 2.18. The molecule has 1 N–H and O–H groups in total. The van der Waals surface area contributed by atoms with Gasteiger partial charge in [-0.1, -0.05) is 0 Å². The average Bonchev–Trinajstić information content (AvgIpc) is 3.02. The second kappa shape index (κ2) is 3.66. The highest BCUT2D eigenvalue weighted by Gasteiger charge is 2.20. The molecule has 0 bridgehead atoms. The first kappa shape index (κ1) is 10.2. The van der Waals surface area contributed by atoms with Crippen molar-refractivity contribution in [2.75, 3.05) is 0 Å². The quantitative estimate of drug-likeness (QED) is 0.718. The molecule has 1 aromatic heterocycles. The molecule has 0 aromatic carbocycles. The van der Waals surface area contributed by atoms with Gasteiger partial charge >= 0.3 is 5.69 Å². The maximum Gasteiger partial charge on any atom is 0.330 e. The molecule has 5 nitrogen and oxygen atoms in total. The molecule has 1 aliphatic rings. The van der Waals surface area contributed by atoms with Crippen LogP contribution in [-0.2, 0) is 20.6 Å². The lowest BCUT2D eigenvalue weighted by molar-refractivity contribution is 0.599. The zero-order valence-electron chi connectivity index (χ0n) is 8.99. The van der Waals surface area contributed by atoms with Gasteiger partial charge in [0, 0.05) is 38.4 Å². The van der Waals surface area contributed by atoms with Crippen molar-refractivity contribution in [3.05, 3.63) is 32.6 Å². The molecule has 1 heterocycles. The van der Waals surface area contributed by atoms with E-state index >= 15 is 0 Å². The van der Waals surface area contributed by atoms with Crippen LogP contribution in [0.5, 0.6) is 0 Å². The van der Waals surface area contributed by atoms with Gasteiger partial charge in [0.05, 0.1) is 0 Å². The van der Waals surface area contributed by atoms with Crippen LogP contribution in [0.1, 0.15) is 18.5 Å². The Morgan fingerprint density at radius 2 is 2.00 bits per heavy atom. The molecule has 0 saturated heterocycles. The third kappa shape index (κ3) is 2.02. The van der Waals surface area contributed by atoms with Crippen LogP contribution in [-0.4, -0.2) is 15.2 Å². The van der Waals surface area contributed by atoms with E-state index < -0.39 is 0 Å². The van der Waals surface area contributed by atoms with Gasteiger partial charge in [0.1, 0.15) is 0 Å². The van der Waals surface area contributed by atoms with Gasteiger partial charge in [-0.3, -0.25) is 13.9 Å². The highest BCUT2D eigenvalue weighted by molar-refractivity contribution is 5.02. The molecule has 0 aliphatic heterocycles. The molecule has 0 radical (unpaired) electrons. The van der Waals surface area contributed by atoms with Crippen LogP contribution in [0.25, 0.3) is 0 Å². The van der Waals surface area contributed by atoms with Gasteiger partial charge in [0.25, 0.3) is 5.56 Å². The fraction of sp³-hybridized carbons (Fsp3) is 0.600. The van der Waals surface area contributed by atoms with E-state index in [1.54, 1.807) is 7.05 Å². The Hall–Kier alpha value is -1.36. The van der Waals surface area contributed by atoms with E-state index in [0.29, 0.717) is 12.6 Å². The summed E-state index contributed by atoms with van der Waals surface area (Å²) >= 11 is 0. The molecule has 5 heteroatoms. The maximum absolute atomic E-state index is 11.6. The van der Waals surface area contributed by atoms with Crippen molar-refractivity contribution in [1.82, 2.24) is 14.5 Å². The lowest BCUT2D eigenvalue weighted by Gasteiger charge is -2.09. The van der Waals surface area contributed by atoms with Gasteiger partial charge in [-0.05, 0) is 12.8 Å². The number of rotatable bonds is 3. The first-order valence-corrected chi connectivity index (χ1v) is 5.09. The van der Waals surface area contributed by atoms with E-state index in [0.717, 1.165) is 10.3 Å². The zero-order valence-corrected chi connectivity index (χ0v) is 8.99. The van der Waals surface area contributed by atoms with Crippen molar-refractivity contribution in [3.63, 3.8) is 0 Å². The van der Waals surface area contributed by atoms with Crippen molar-refractivity contribution < 1.29 is 0 Å². The van der Waals surface area contributed by atoms with Gasteiger partial charge < -0.3 is 5.32 Å². The predicted octanol–water partition coefficient (Wildman–Crippen LogP) is -0.664. The Morgan fingerprint density at radius 3 is 2.60 bits per heavy atom. The Kier molecular flexibility index (Phi) is 2.48. The summed E-state index contributed by atoms with van der Waals surface area (Å²) in [5.41, 5.74) is 0.232. The van der Waals surface area contributed by atoms with E-state index in [1.807, 2.05) is 0 Å². The average molecular weight is 209 g/mol. The molecular weight excluding hydrogens is 194 g/mol. The fourth-order valence-corrected chi connectivity index (χ4v) is 1.48. The largest absolute Gasteiger partial charge is 0.330 e. The van der Waals surface area contributed by atoms with Gasteiger partial charge in [-0.25, -0.2) is 4.79 Å². The molecule has 0 unspecified atom stereocenters. The molecule has 0 amide bonds. The van der Waals surface area contributed by atoms with Gasteiger partial charge in [0.2, 0.25) is 0 Å². The first-order valence-electron chi connectivity index (χ1n) is 5.09. The van der Waals surface area contributed by atoms with Crippen LogP contribution in [0.4, 0.5) is 0 Å². The second-order valence-corrected chi connectivity index (χ2v) is 4.03. The maximum atomic E-state index is 11.6. The van der Waals surface area contributed by atoms with Gasteiger partial charge in [0.15, 0.2) is 0 Å². The smallest absolute Gasteiger partial charge is 0.308 e. The van der Waals surface area contributed by atoms with Crippen LogP contribution >= 0.6 is 0 Å². The normalized spacial score (nSPS) is 15.6. The number of nitrogens with zero attached hydrogens (tertiary/aromatic N) is 2. The van der Waals surface area contributed by atoms with Gasteiger partial charge in [-0.15, -0.1) is 0 Å². The molecule has 82 valence electrons. The summed E-state index contributed by atoms with van der Waals surface area (Å²) in [4.78, 5) is 23.0. The minimum Gasteiger partial charge on any atom is -0.308 e. The molecule has 1 fully saturated rings. The monoisotopic (exact) mass is 209 g/mol. The third-order valence-corrected chi connectivity index (χ3v) is 2.77. The van der Waals surface area contributed by atoms with Crippen molar-refractivity contribution in [1.29, 1.82) is 0 Å². The summed E-state index contributed by atoms with van der Waals surface area (Å²) in [6, 6.07) is 2.08. The van der Waals surface area contributed by atoms with Crippen LogP contribution in [0.2, 0.25) is 0 Å². The van der Waals surface area contributed by atoms with E-state index in [4.69, 9.17) is 0 Å². The van der Waals surface area contributed by atoms with Crippen molar-refractivity contribution in [2.24, 2.45) is 14.1 Å². The Morgan fingerprint density at radius 1 is 1.33 bits per heavy atom. The second-order valence-electron chi connectivity index (χ2n) is 4.03. The summed E-state index contributed by atoms with van der Waals surface area (Å²) < 4.78 is 2.62. The minimum absolute atomic E-state index is 0.245. The van der Waals surface area contributed by atoms with Crippen molar-refractivity contribution in [3.8, 4) is 0 Å². The molecule has 0 atom stereocenters. The van der Waals surface area contributed by atoms with Crippen LogP contribution in [0.15, 0.2) is 15.7 Å². The number of hydrogen-bond acceptors (Lipinski definition) is 3. The van der Waals surface area contributed by atoms with Crippen molar-refractivity contribution in [2.45, 2.75) is 25.4 Å². The van der Waals surface area contributed by atoms with Crippen LogP contribution < -0.4 is 16.6 Å². The summed E-state index contributed by atoms with van der Waals surface area (Å²) in [5.74, 6) is 0. The van der Waals surface area contributed by atoms with Crippen LogP contribution in [0, 0.1) is 0 Å². The minimum atomic E-state index is -0.268. The topological polar surface area (TPSA) is 56.0 Å². The summed E-state index contributed by atoms with van der Waals surface area (Å²) in [5, 5.41) is 3.28. The molecule has 1 aromatic rings. The molecule has 2 rings (SSSR count). The summed E-state index contributed by atoms with van der Waals surface area (Å²) in [6.07, 6.45) is 2.39. The Bertz CT molecular complexity index is 482. The van der Waals surface area contributed by atoms with E-state index in [9.17, 15) is 9.59 Å². The van der Waals surface area contributed by atoms with E-state index in [-0.39, 0.29) is 11.2 Å². The summed E-state index contributed by atoms with van der Waals surface area (Å²) in [6.45, 7) is 0.590. The highest BCUT2D eigenvalue weighted by atomic mass is 16.2. The number of hydrogen-bond donors (Lipinski definition) is 1. The Balaban J connectivity index is 2.29. The third-order valence-electron chi connectivity index (χ3n) is 2.77. The number of nitrogens with one attached hydrogen (secondary N) is 1. The summed E-state index contributed by atoms with van der Waals surface area (Å²) in [7, 11) is 3.18. The lowest BCUT2D eigenvalue weighted by Crippen LogP contribution is -2.39. The predicted molar refractivity (Wildman–Crippen MR) is 56.8 cm³/mol. The Labute approximate surface area is 87.3 Å². The number of aromatic nitrogens is 2.